The fourth-order valence-corrected chi connectivity index (χ4v) is 4.21. The van der Waals surface area contributed by atoms with E-state index in [0.717, 1.165) is 21.7 Å². The number of anilines is 1. The molecule has 0 aliphatic carbocycles. The van der Waals surface area contributed by atoms with Crippen LogP contribution in [0.15, 0.2) is 36.4 Å². The van der Waals surface area contributed by atoms with Gasteiger partial charge in [-0.25, -0.2) is 4.98 Å². The maximum atomic E-state index is 13.1. The highest BCUT2D eigenvalue weighted by molar-refractivity contribution is 7.20. The van der Waals surface area contributed by atoms with Gasteiger partial charge in [-0.2, -0.15) is 9.78 Å². The highest BCUT2D eigenvalue weighted by Gasteiger charge is 2.20. The fourth-order valence-electron chi connectivity index (χ4n) is 3.25. The van der Waals surface area contributed by atoms with Gasteiger partial charge in [0.1, 0.15) is 11.6 Å². The lowest BCUT2D eigenvalue weighted by atomic mass is 10.1. The van der Waals surface area contributed by atoms with E-state index in [1.54, 1.807) is 30.0 Å². The molecule has 2 heterocycles. The average molecular weight is 455 g/mol. The number of amides is 1. The van der Waals surface area contributed by atoms with Gasteiger partial charge in [0.2, 0.25) is 10.9 Å². The van der Waals surface area contributed by atoms with E-state index in [1.165, 1.54) is 32.7 Å². The number of hydrogen-bond acceptors (Lipinski definition) is 8. The molecule has 32 heavy (non-hydrogen) atoms. The number of nitrogens with one attached hydrogen (secondary N) is 1. The first-order chi connectivity index (χ1) is 15.5. The Labute approximate surface area is 188 Å². The highest BCUT2D eigenvalue weighted by Crippen LogP contribution is 2.38. The Balaban J connectivity index is 1.69. The van der Waals surface area contributed by atoms with Gasteiger partial charge < -0.3 is 24.3 Å². The van der Waals surface area contributed by atoms with Crippen LogP contribution in [0.2, 0.25) is 0 Å². The van der Waals surface area contributed by atoms with Crippen LogP contribution in [0, 0.1) is 6.92 Å². The van der Waals surface area contributed by atoms with Crippen LogP contribution in [-0.2, 0) is 0 Å². The van der Waals surface area contributed by atoms with Crippen LogP contribution in [-0.4, -0.2) is 49.1 Å². The maximum absolute atomic E-state index is 13.1. The summed E-state index contributed by atoms with van der Waals surface area (Å²) in [5, 5.41) is 8.04. The maximum Gasteiger partial charge on any atom is 0.257 e. The molecule has 1 N–H and O–H groups in total. The van der Waals surface area contributed by atoms with Gasteiger partial charge >= 0.3 is 0 Å². The van der Waals surface area contributed by atoms with E-state index in [-0.39, 0.29) is 5.91 Å². The summed E-state index contributed by atoms with van der Waals surface area (Å²) >= 11 is 1.45. The number of benzene rings is 2. The lowest BCUT2D eigenvalue weighted by Gasteiger charge is -2.14. The molecule has 10 heteroatoms. The van der Waals surface area contributed by atoms with Gasteiger partial charge in [-0.15, -0.1) is 0 Å². The normalized spacial score (nSPS) is 10.8. The molecule has 166 valence electrons. The Morgan fingerprint density at radius 3 is 2.31 bits per heavy atom. The van der Waals surface area contributed by atoms with E-state index in [4.69, 9.17) is 18.9 Å². The summed E-state index contributed by atoms with van der Waals surface area (Å²) in [6.45, 7) is 1.85. The zero-order valence-electron chi connectivity index (χ0n) is 18.3. The van der Waals surface area contributed by atoms with E-state index in [1.807, 2.05) is 25.1 Å². The second-order valence-electron chi connectivity index (χ2n) is 6.78. The van der Waals surface area contributed by atoms with Gasteiger partial charge in [0.25, 0.3) is 5.91 Å². The molecule has 0 fully saturated rings. The molecule has 9 nitrogen and oxygen atoms in total. The smallest absolute Gasteiger partial charge is 0.257 e. The molecular weight excluding hydrogens is 432 g/mol. The van der Waals surface area contributed by atoms with Crippen LogP contribution < -0.4 is 24.3 Å². The molecule has 4 rings (SSSR count). The lowest BCUT2D eigenvalue weighted by molar-refractivity contribution is 0.102. The molecule has 1 amide bonds. The number of ether oxygens (including phenoxy) is 4. The molecule has 2 aromatic heterocycles. The van der Waals surface area contributed by atoms with Crippen LogP contribution in [0.1, 0.15) is 16.1 Å². The number of hydrogen-bond donors (Lipinski definition) is 1. The van der Waals surface area contributed by atoms with Gasteiger partial charge in [0.15, 0.2) is 11.5 Å². The van der Waals surface area contributed by atoms with Gasteiger partial charge in [-0.1, -0.05) is 11.3 Å². The van der Waals surface area contributed by atoms with Crippen LogP contribution >= 0.6 is 11.3 Å². The van der Waals surface area contributed by atoms with E-state index in [9.17, 15) is 4.79 Å². The monoisotopic (exact) mass is 454 g/mol. The fraction of sp³-hybridized carbons (Fsp3) is 0.227. The number of methoxy groups -OCH3 is 4. The van der Waals surface area contributed by atoms with Gasteiger partial charge in [-0.3, -0.25) is 4.79 Å². The van der Waals surface area contributed by atoms with E-state index in [0.29, 0.717) is 33.8 Å². The predicted octanol–water partition coefficient (Wildman–Crippen LogP) is 4.08. The Bertz CT molecular complexity index is 1270. The minimum Gasteiger partial charge on any atom is -0.497 e. The minimum atomic E-state index is -0.354. The zero-order valence-corrected chi connectivity index (χ0v) is 19.1. The van der Waals surface area contributed by atoms with Crippen molar-refractivity contribution in [3.05, 3.63) is 47.7 Å². The van der Waals surface area contributed by atoms with Crippen LogP contribution in [0.5, 0.6) is 23.0 Å². The molecule has 0 spiro atoms. The Morgan fingerprint density at radius 2 is 1.69 bits per heavy atom. The van der Waals surface area contributed by atoms with Crippen molar-refractivity contribution in [2.45, 2.75) is 6.92 Å². The lowest BCUT2D eigenvalue weighted by Crippen LogP contribution is -2.15. The number of carbonyl (C=O) groups excluding carboxylic acids is 1. The van der Waals surface area contributed by atoms with Crippen molar-refractivity contribution in [3.8, 4) is 28.1 Å². The Kier molecular flexibility index (Phi) is 5.87. The topological polar surface area (TPSA) is 96.7 Å². The van der Waals surface area contributed by atoms with Crippen LogP contribution in [0.3, 0.4) is 0 Å². The molecule has 0 saturated carbocycles. The zero-order chi connectivity index (χ0) is 22.8. The van der Waals surface area contributed by atoms with Gasteiger partial charge in [0, 0.05) is 11.6 Å². The molecule has 0 bridgehead atoms. The molecule has 0 atom stereocenters. The second-order valence-corrected chi connectivity index (χ2v) is 7.79. The standard InChI is InChI=1S/C22H22N4O5S/c1-12-8-19(24-21(27)13-9-16(29-3)20(31-5)17(10-13)30-4)26(25-12)22-23-15-7-6-14(28-2)11-18(15)32-22/h6-11H,1-5H3,(H,24,27). The molecule has 0 saturated heterocycles. The summed E-state index contributed by atoms with van der Waals surface area (Å²) in [6, 6.07) is 10.6. The Morgan fingerprint density at radius 1 is 0.969 bits per heavy atom. The quantitative estimate of drug-likeness (QED) is 0.449. The third-order valence-electron chi connectivity index (χ3n) is 4.77. The number of aryl methyl sites for hydroxylation is 1. The minimum absolute atomic E-state index is 0.346. The summed E-state index contributed by atoms with van der Waals surface area (Å²) in [5.74, 6) is 2.08. The largest absolute Gasteiger partial charge is 0.497 e. The average Bonchev–Trinajstić information content (AvgIpc) is 3.39. The number of rotatable bonds is 7. The first-order valence-corrected chi connectivity index (χ1v) is 10.4. The first-order valence-electron chi connectivity index (χ1n) is 9.60. The molecule has 0 aliphatic rings. The summed E-state index contributed by atoms with van der Waals surface area (Å²) in [6.07, 6.45) is 0. The van der Waals surface area contributed by atoms with Crippen molar-refractivity contribution in [1.82, 2.24) is 14.8 Å². The molecule has 2 aromatic carbocycles. The third-order valence-corrected chi connectivity index (χ3v) is 5.76. The van der Waals surface area contributed by atoms with E-state index < -0.39 is 0 Å². The summed E-state index contributed by atoms with van der Waals surface area (Å²) in [5.41, 5.74) is 1.90. The number of nitrogens with zero attached hydrogens (tertiary/aromatic N) is 3. The predicted molar refractivity (Wildman–Crippen MR) is 122 cm³/mol. The van der Waals surface area contributed by atoms with Crippen LogP contribution in [0.4, 0.5) is 5.82 Å². The van der Waals surface area contributed by atoms with E-state index in [2.05, 4.69) is 15.4 Å². The Hall–Kier alpha value is -3.79. The highest BCUT2D eigenvalue weighted by atomic mass is 32.1. The van der Waals surface area contributed by atoms with E-state index >= 15 is 0 Å². The SMILES string of the molecule is COc1ccc2nc(-n3nc(C)cc3NC(=O)c3cc(OC)c(OC)c(OC)c3)sc2c1. The molecule has 0 aliphatic heterocycles. The van der Waals surface area contributed by atoms with Gasteiger partial charge in [-0.05, 0) is 37.3 Å². The second kappa shape index (κ2) is 8.75. The summed E-state index contributed by atoms with van der Waals surface area (Å²) < 4.78 is 23.9. The van der Waals surface area contributed by atoms with Crippen molar-refractivity contribution in [3.63, 3.8) is 0 Å². The van der Waals surface area contributed by atoms with Crippen molar-refractivity contribution < 1.29 is 23.7 Å². The van der Waals surface area contributed by atoms with Crippen molar-refractivity contribution >= 4 is 33.3 Å². The van der Waals surface area contributed by atoms with Crippen molar-refractivity contribution in [1.29, 1.82) is 0 Å². The molecule has 4 aromatic rings. The number of fused-ring (bicyclic) bond motifs is 1. The van der Waals surface area contributed by atoms with Crippen molar-refractivity contribution in [2.75, 3.05) is 33.8 Å². The molecular formula is C22H22N4O5S. The molecule has 0 radical (unpaired) electrons. The third kappa shape index (κ3) is 3.92. The van der Waals surface area contributed by atoms with Crippen LogP contribution in [0.25, 0.3) is 15.3 Å². The van der Waals surface area contributed by atoms with Crippen molar-refractivity contribution in [2.24, 2.45) is 0 Å². The number of aromatic nitrogens is 3. The summed E-state index contributed by atoms with van der Waals surface area (Å²) in [7, 11) is 6.13. The molecule has 0 unspecified atom stereocenters. The number of thiazole rings is 1. The first kappa shape index (κ1) is 21.4. The number of carbonyl (C=O) groups is 1. The van der Waals surface area contributed by atoms with Gasteiger partial charge in [0.05, 0.1) is 44.3 Å². The summed E-state index contributed by atoms with van der Waals surface area (Å²) in [4.78, 5) is 17.7.